The zero-order valence-corrected chi connectivity index (χ0v) is 14.2. The largest absolute Gasteiger partial charge is 0.383 e. The highest BCUT2D eigenvalue weighted by atomic mass is 79.9. The minimum absolute atomic E-state index is 0.336. The Morgan fingerprint density at radius 3 is 2.79 bits per heavy atom. The first-order chi connectivity index (χ1) is 8.85. The van der Waals surface area contributed by atoms with Crippen LogP contribution in [0.1, 0.15) is 5.56 Å². The number of hydrogen-bond acceptors (Lipinski definition) is 5. The molecule has 1 aromatic rings. The highest BCUT2D eigenvalue weighted by Gasteiger charge is 2.12. The molecule has 0 atom stereocenters. The van der Waals surface area contributed by atoms with Crippen LogP contribution in [-0.2, 0) is 4.74 Å². The number of anilines is 2. The molecule has 1 heterocycles. The van der Waals surface area contributed by atoms with E-state index in [1.54, 1.807) is 6.20 Å². The van der Waals surface area contributed by atoms with E-state index in [0.717, 1.165) is 22.8 Å². The second kappa shape index (κ2) is 7.02. The van der Waals surface area contributed by atoms with Crippen LogP contribution in [0.4, 0.5) is 11.5 Å². The molecular weight excluding hydrogens is 324 g/mol. The molecule has 0 radical (unpaired) electrons. The van der Waals surface area contributed by atoms with Crippen molar-refractivity contribution in [2.45, 2.75) is 25.7 Å². The first-order valence-electron chi connectivity index (χ1n) is 6.11. The topological polar surface area (TPSA) is 84.0 Å². The summed E-state index contributed by atoms with van der Waals surface area (Å²) < 4.78 is 6.35. The molecule has 106 valence electrons. The van der Waals surface area contributed by atoms with E-state index >= 15 is 0 Å². The number of rotatable bonds is 7. The molecule has 1 rings (SSSR count). The maximum atomic E-state index is 7.38. The molecule has 1 aromatic heterocycles. The van der Waals surface area contributed by atoms with E-state index in [1.807, 2.05) is 0 Å². The van der Waals surface area contributed by atoms with Gasteiger partial charge in [0.25, 0.3) is 0 Å². The van der Waals surface area contributed by atoms with Gasteiger partial charge in [-0.1, -0.05) is 19.6 Å². The number of nitrogen functional groups attached to an aromatic ring is 1. The molecule has 0 aromatic carbocycles. The molecule has 0 bridgehead atoms. The molecular formula is C12H21BrN4OSi. The Morgan fingerprint density at radius 2 is 2.21 bits per heavy atom. The highest BCUT2D eigenvalue weighted by Crippen LogP contribution is 2.27. The maximum Gasteiger partial charge on any atom is 0.134 e. The molecule has 4 N–H and O–H groups in total. The molecule has 0 fully saturated rings. The van der Waals surface area contributed by atoms with Crippen LogP contribution in [0.5, 0.6) is 0 Å². The Balaban J connectivity index is 2.54. The number of pyridine rings is 1. The summed E-state index contributed by atoms with van der Waals surface area (Å²) in [5.74, 6) is 0.336. The summed E-state index contributed by atoms with van der Waals surface area (Å²) >= 11 is 3.39. The highest BCUT2D eigenvalue weighted by molar-refractivity contribution is 9.10. The van der Waals surface area contributed by atoms with E-state index in [4.69, 9.17) is 15.9 Å². The Kier molecular flexibility index (Phi) is 5.96. The maximum absolute atomic E-state index is 7.38. The van der Waals surface area contributed by atoms with Crippen LogP contribution in [0.15, 0.2) is 10.7 Å². The van der Waals surface area contributed by atoms with E-state index in [1.165, 1.54) is 6.21 Å². The Labute approximate surface area is 123 Å². The quantitative estimate of drug-likeness (QED) is 0.307. The molecule has 7 heteroatoms. The zero-order valence-electron chi connectivity index (χ0n) is 11.6. The van der Waals surface area contributed by atoms with Gasteiger partial charge in [-0.05, 0) is 22.0 Å². The van der Waals surface area contributed by atoms with Gasteiger partial charge in [0.05, 0.1) is 15.7 Å². The summed E-state index contributed by atoms with van der Waals surface area (Å²) in [5.41, 5.74) is 7.05. The van der Waals surface area contributed by atoms with Crippen molar-refractivity contribution in [3.05, 3.63) is 16.2 Å². The van der Waals surface area contributed by atoms with Crippen molar-refractivity contribution in [3.63, 3.8) is 0 Å². The fourth-order valence-electron chi connectivity index (χ4n) is 1.42. The van der Waals surface area contributed by atoms with Crippen molar-refractivity contribution in [1.82, 2.24) is 4.98 Å². The summed E-state index contributed by atoms with van der Waals surface area (Å²) in [5, 5.41) is 10.5. The Hall–Kier alpha value is -0.923. The predicted octanol–water partition coefficient (Wildman–Crippen LogP) is 3.15. The van der Waals surface area contributed by atoms with Gasteiger partial charge >= 0.3 is 0 Å². The molecule has 0 amide bonds. The molecule has 0 saturated heterocycles. The van der Waals surface area contributed by atoms with Crippen LogP contribution in [0, 0.1) is 5.41 Å². The van der Waals surface area contributed by atoms with Gasteiger partial charge in [0, 0.05) is 27.1 Å². The van der Waals surface area contributed by atoms with E-state index in [2.05, 4.69) is 45.9 Å². The minimum atomic E-state index is -1.05. The lowest BCUT2D eigenvalue weighted by Crippen LogP contribution is -2.22. The molecule has 0 unspecified atom stereocenters. The summed E-state index contributed by atoms with van der Waals surface area (Å²) in [6.07, 6.45) is 2.81. The van der Waals surface area contributed by atoms with Crippen LogP contribution in [-0.4, -0.2) is 32.6 Å². The van der Waals surface area contributed by atoms with Gasteiger partial charge in [-0.25, -0.2) is 4.98 Å². The van der Waals surface area contributed by atoms with E-state index < -0.39 is 8.07 Å². The molecule has 0 aliphatic rings. The molecule has 0 aliphatic heterocycles. The van der Waals surface area contributed by atoms with Gasteiger partial charge in [-0.2, -0.15) is 0 Å². The van der Waals surface area contributed by atoms with Gasteiger partial charge in [0.15, 0.2) is 0 Å². The van der Waals surface area contributed by atoms with Gasteiger partial charge < -0.3 is 21.2 Å². The van der Waals surface area contributed by atoms with Crippen LogP contribution in [0.25, 0.3) is 0 Å². The van der Waals surface area contributed by atoms with Crippen molar-refractivity contribution in [3.8, 4) is 0 Å². The molecule has 0 spiro atoms. The number of hydrogen-bond donors (Lipinski definition) is 3. The third-order valence-corrected chi connectivity index (χ3v) is 4.90. The average Bonchev–Trinajstić information content (AvgIpc) is 2.31. The second-order valence-electron chi connectivity index (χ2n) is 5.46. The van der Waals surface area contributed by atoms with Crippen molar-refractivity contribution in [2.24, 2.45) is 0 Å². The number of halogens is 1. The number of nitrogens with one attached hydrogen (secondary N) is 2. The Bertz CT molecular complexity index is 448. The van der Waals surface area contributed by atoms with E-state index in [0.29, 0.717) is 18.1 Å². The van der Waals surface area contributed by atoms with Crippen molar-refractivity contribution in [2.75, 3.05) is 24.4 Å². The summed E-state index contributed by atoms with van der Waals surface area (Å²) in [7, 11) is -1.05. The normalized spacial score (nSPS) is 11.4. The zero-order chi connectivity index (χ0) is 14.5. The van der Waals surface area contributed by atoms with Crippen molar-refractivity contribution >= 4 is 41.7 Å². The molecule has 0 saturated carbocycles. The number of nitrogens with two attached hydrogens (primary N) is 1. The Morgan fingerprint density at radius 1 is 1.53 bits per heavy atom. The monoisotopic (exact) mass is 344 g/mol. The van der Waals surface area contributed by atoms with E-state index in [-0.39, 0.29) is 0 Å². The van der Waals surface area contributed by atoms with Gasteiger partial charge in [0.2, 0.25) is 0 Å². The van der Waals surface area contributed by atoms with Crippen molar-refractivity contribution in [1.29, 1.82) is 5.41 Å². The second-order valence-corrected chi connectivity index (χ2v) is 11.9. The van der Waals surface area contributed by atoms with Crippen LogP contribution in [0.2, 0.25) is 25.7 Å². The first kappa shape index (κ1) is 16.1. The van der Waals surface area contributed by atoms with Crippen LogP contribution < -0.4 is 11.1 Å². The molecule has 0 aliphatic carbocycles. The van der Waals surface area contributed by atoms with Gasteiger partial charge in [0.1, 0.15) is 12.5 Å². The number of aromatic nitrogens is 1. The lowest BCUT2D eigenvalue weighted by Gasteiger charge is -2.17. The number of ether oxygens (including phenoxy) is 1. The van der Waals surface area contributed by atoms with E-state index in [9.17, 15) is 0 Å². The first-order valence-corrected chi connectivity index (χ1v) is 10.6. The number of nitrogens with zero attached hydrogens (tertiary/aromatic N) is 1. The van der Waals surface area contributed by atoms with Gasteiger partial charge in [-0.3, -0.25) is 0 Å². The lowest BCUT2D eigenvalue weighted by atomic mass is 10.2. The summed E-state index contributed by atoms with van der Waals surface area (Å²) in [6, 6.07) is 1.13. The van der Waals surface area contributed by atoms with Crippen molar-refractivity contribution < 1.29 is 4.74 Å². The fraction of sp³-hybridized carbons (Fsp3) is 0.500. The lowest BCUT2D eigenvalue weighted by molar-refractivity contribution is 0.166. The molecule has 19 heavy (non-hydrogen) atoms. The van der Waals surface area contributed by atoms with Crippen LogP contribution >= 0.6 is 15.9 Å². The minimum Gasteiger partial charge on any atom is -0.383 e. The average molecular weight is 345 g/mol. The smallest absolute Gasteiger partial charge is 0.134 e. The van der Waals surface area contributed by atoms with Crippen LogP contribution in [0.3, 0.4) is 0 Å². The third kappa shape index (κ3) is 5.29. The van der Waals surface area contributed by atoms with Gasteiger partial charge in [-0.15, -0.1) is 0 Å². The third-order valence-electron chi connectivity index (χ3n) is 2.59. The molecule has 5 nitrogen and oxygen atoms in total. The standard InChI is InChI=1S/C12H21BrN4OSi/c1-19(2,3)5-4-18-8-17-11-9(6-14)12(15)16-7-10(11)13/h6-7,14H,4-5,8H2,1-3H3,(H3,15,16,17). The summed E-state index contributed by atoms with van der Waals surface area (Å²) in [6.45, 7) is 8.10. The summed E-state index contributed by atoms with van der Waals surface area (Å²) in [4.78, 5) is 3.99. The predicted molar refractivity (Wildman–Crippen MR) is 86.8 cm³/mol. The fourth-order valence-corrected chi connectivity index (χ4v) is 2.63. The SMILES string of the molecule is C[Si](C)(C)CCOCNc1c(Br)cnc(N)c1C=N.